The van der Waals surface area contributed by atoms with Crippen LogP contribution in [-0.4, -0.2) is 28.9 Å². The smallest absolute Gasteiger partial charge is 0.234 e. The Hall–Kier alpha value is -3.42. The minimum atomic E-state index is -0.665. The molecule has 0 radical (unpaired) electrons. The molecule has 1 aliphatic heterocycles. The average Bonchev–Trinajstić information content (AvgIpc) is 3.01. The van der Waals surface area contributed by atoms with Gasteiger partial charge in [-0.15, -0.1) is 0 Å². The molecule has 2 N–H and O–H groups in total. The predicted molar refractivity (Wildman–Crippen MR) is 98.9 cm³/mol. The van der Waals surface area contributed by atoms with Crippen LogP contribution in [0.5, 0.6) is 5.75 Å². The number of nitrogens with zero attached hydrogens (tertiary/aromatic N) is 2. The number of rotatable bonds is 3. The van der Waals surface area contributed by atoms with Crippen LogP contribution in [-0.2, 0) is 9.59 Å². The highest BCUT2D eigenvalue weighted by molar-refractivity contribution is 6.05. The van der Waals surface area contributed by atoms with E-state index in [9.17, 15) is 9.59 Å². The molecule has 1 aromatic carbocycles. The summed E-state index contributed by atoms with van der Waals surface area (Å²) in [5, 5.41) is 6.29. The lowest BCUT2D eigenvalue weighted by molar-refractivity contribution is -0.123. The lowest BCUT2D eigenvalue weighted by atomic mass is 9.89. The largest absolute Gasteiger partial charge is 0.495 e. The molecule has 8 heteroatoms. The maximum atomic E-state index is 12.9. The van der Waals surface area contributed by atoms with E-state index in [2.05, 4.69) is 20.6 Å². The lowest BCUT2D eigenvalue weighted by Crippen LogP contribution is -2.31. The zero-order chi connectivity index (χ0) is 19.1. The van der Waals surface area contributed by atoms with E-state index in [1.807, 2.05) is 19.9 Å². The van der Waals surface area contributed by atoms with E-state index < -0.39 is 5.92 Å². The number of carbonyl (C=O) groups is 2. The number of amides is 2. The first-order valence-corrected chi connectivity index (χ1v) is 8.48. The highest BCUT2D eigenvalue weighted by atomic mass is 16.5. The normalized spacial score (nSPS) is 16.0. The number of nitrogens with one attached hydrogen (secondary N) is 2. The summed E-state index contributed by atoms with van der Waals surface area (Å²) in [6.07, 6.45) is 0.0348. The van der Waals surface area contributed by atoms with Gasteiger partial charge >= 0.3 is 0 Å². The first-order valence-electron chi connectivity index (χ1n) is 8.48. The molecule has 138 valence electrons. The summed E-state index contributed by atoms with van der Waals surface area (Å²) in [4.78, 5) is 33.6. The van der Waals surface area contributed by atoms with Crippen LogP contribution >= 0.6 is 0 Å². The minimum Gasteiger partial charge on any atom is -0.495 e. The molecule has 0 spiro atoms. The zero-order valence-electron chi connectivity index (χ0n) is 15.1. The highest BCUT2D eigenvalue weighted by Crippen LogP contribution is 2.39. The third kappa shape index (κ3) is 2.99. The van der Waals surface area contributed by atoms with Gasteiger partial charge in [0.05, 0.1) is 29.8 Å². The lowest BCUT2D eigenvalue weighted by Gasteiger charge is -2.25. The van der Waals surface area contributed by atoms with Gasteiger partial charge in [-0.2, -0.15) is 4.98 Å². The van der Waals surface area contributed by atoms with Gasteiger partial charge in [-0.25, -0.2) is 4.98 Å². The molecular weight excluding hydrogens is 348 g/mol. The molecule has 4 rings (SSSR count). The number of para-hydroxylation sites is 1. The minimum absolute atomic E-state index is 0.0348. The molecule has 0 fully saturated rings. The molecule has 1 atom stereocenters. The van der Waals surface area contributed by atoms with Crippen molar-refractivity contribution < 1.29 is 18.7 Å². The average molecular weight is 366 g/mol. The van der Waals surface area contributed by atoms with Crippen molar-refractivity contribution in [3.8, 4) is 5.75 Å². The third-order valence-corrected chi connectivity index (χ3v) is 4.57. The fraction of sp³-hybridized carbons (Fsp3) is 0.263. The van der Waals surface area contributed by atoms with Crippen LogP contribution in [0.15, 0.2) is 28.7 Å². The van der Waals surface area contributed by atoms with E-state index >= 15 is 0 Å². The molecule has 3 heterocycles. The monoisotopic (exact) mass is 366 g/mol. The number of benzene rings is 1. The molecule has 3 aromatic rings. The Morgan fingerprint density at radius 3 is 2.93 bits per heavy atom. The third-order valence-electron chi connectivity index (χ3n) is 4.57. The molecular formula is C19H18N4O4. The van der Waals surface area contributed by atoms with Crippen LogP contribution < -0.4 is 15.4 Å². The Labute approximate surface area is 154 Å². The summed E-state index contributed by atoms with van der Waals surface area (Å²) >= 11 is 0. The van der Waals surface area contributed by atoms with Gasteiger partial charge in [-0.05, 0) is 31.5 Å². The van der Waals surface area contributed by atoms with Gasteiger partial charge < -0.3 is 14.5 Å². The van der Waals surface area contributed by atoms with Gasteiger partial charge in [0, 0.05) is 6.42 Å². The van der Waals surface area contributed by atoms with Crippen LogP contribution in [0.2, 0.25) is 0 Å². The maximum absolute atomic E-state index is 12.9. The number of hydrogen-bond donors (Lipinski definition) is 2. The summed E-state index contributed by atoms with van der Waals surface area (Å²) in [7, 11) is 1.52. The number of ether oxygens (including phenoxy) is 1. The Kier molecular flexibility index (Phi) is 4.02. The first kappa shape index (κ1) is 17.0. The van der Waals surface area contributed by atoms with E-state index in [1.165, 1.54) is 7.11 Å². The molecule has 0 saturated carbocycles. The summed E-state index contributed by atoms with van der Waals surface area (Å²) < 4.78 is 10.8. The highest BCUT2D eigenvalue weighted by Gasteiger charge is 2.32. The molecule has 0 bridgehead atoms. The molecule has 27 heavy (non-hydrogen) atoms. The van der Waals surface area contributed by atoms with Gasteiger partial charge in [0.2, 0.25) is 23.5 Å². The van der Waals surface area contributed by atoms with E-state index in [1.54, 1.807) is 18.2 Å². The molecule has 2 aromatic heterocycles. The second-order valence-electron chi connectivity index (χ2n) is 6.43. The molecule has 0 aliphatic carbocycles. The van der Waals surface area contributed by atoms with Crippen LogP contribution in [0.3, 0.4) is 0 Å². The van der Waals surface area contributed by atoms with Crippen molar-refractivity contribution in [2.24, 2.45) is 0 Å². The SMILES string of the molecule is COc1cccc2c1NC(=O)CC2C(=O)Nc1nc(C)c2cc(C)oc2n1. The second-order valence-corrected chi connectivity index (χ2v) is 6.43. The second kappa shape index (κ2) is 6.39. The van der Waals surface area contributed by atoms with Crippen molar-refractivity contribution >= 4 is 34.5 Å². The van der Waals surface area contributed by atoms with Crippen molar-refractivity contribution in [2.75, 3.05) is 17.7 Å². The Morgan fingerprint density at radius 1 is 1.33 bits per heavy atom. The number of anilines is 2. The predicted octanol–water partition coefficient (Wildman–Crippen LogP) is 2.91. The van der Waals surface area contributed by atoms with E-state index in [-0.39, 0.29) is 24.2 Å². The van der Waals surface area contributed by atoms with Crippen LogP contribution in [0.25, 0.3) is 11.1 Å². The van der Waals surface area contributed by atoms with Gasteiger partial charge in [-0.1, -0.05) is 12.1 Å². The van der Waals surface area contributed by atoms with Gasteiger partial charge in [0.25, 0.3) is 0 Å². The fourth-order valence-corrected chi connectivity index (χ4v) is 3.30. The quantitative estimate of drug-likeness (QED) is 0.738. The van der Waals surface area contributed by atoms with Crippen molar-refractivity contribution in [1.82, 2.24) is 9.97 Å². The Balaban J connectivity index is 1.67. The van der Waals surface area contributed by atoms with E-state index in [0.29, 0.717) is 28.4 Å². The number of carbonyl (C=O) groups excluding carboxylic acids is 2. The summed E-state index contributed by atoms with van der Waals surface area (Å²) in [6, 6.07) is 7.17. The van der Waals surface area contributed by atoms with Crippen LogP contribution in [0.1, 0.15) is 29.4 Å². The number of hydrogen-bond acceptors (Lipinski definition) is 6. The molecule has 0 saturated heterocycles. The molecule has 1 unspecified atom stereocenters. The van der Waals surface area contributed by atoms with E-state index in [0.717, 1.165) is 11.1 Å². The van der Waals surface area contributed by atoms with Gasteiger partial charge in [-0.3, -0.25) is 14.9 Å². The maximum Gasteiger partial charge on any atom is 0.234 e. The van der Waals surface area contributed by atoms with Crippen molar-refractivity contribution in [3.05, 3.63) is 41.3 Å². The van der Waals surface area contributed by atoms with Gasteiger partial charge in [0.1, 0.15) is 11.5 Å². The Bertz CT molecular complexity index is 1070. The summed E-state index contributed by atoms with van der Waals surface area (Å²) in [6.45, 7) is 3.65. The zero-order valence-corrected chi connectivity index (χ0v) is 15.1. The summed E-state index contributed by atoms with van der Waals surface area (Å²) in [5.74, 6) is 0.105. The number of fused-ring (bicyclic) bond motifs is 2. The number of aromatic nitrogens is 2. The topological polar surface area (TPSA) is 106 Å². The molecule has 2 amide bonds. The number of aryl methyl sites for hydroxylation is 2. The van der Waals surface area contributed by atoms with Crippen molar-refractivity contribution in [1.29, 1.82) is 0 Å². The first-order chi connectivity index (χ1) is 13.0. The standard InChI is InChI=1S/C19H18N4O4/c1-9-7-12-10(2)20-19(23-18(12)27-9)22-17(25)13-8-15(24)21-16-11(13)5-4-6-14(16)26-3/h4-7,13H,8H2,1-3H3,(H,21,24)(H,20,22,23,25). The number of furan rings is 1. The van der Waals surface area contributed by atoms with Crippen LogP contribution in [0, 0.1) is 13.8 Å². The molecule has 1 aliphatic rings. The van der Waals surface area contributed by atoms with Crippen molar-refractivity contribution in [2.45, 2.75) is 26.2 Å². The van der Waals surface area contributed by atoms with Gasteiger partial charge in [0.15, 0.2) is 0 Å². The molecule has 8 nitrogen and oxygen atoms in total. The fourth-order valence-electron chi connectivity index (χ4n) is 3.30. The summed E-state index contributed by atoms with van der Waals surface area (Å²) in [5.41, 5.74) is 2.33. The van der Waals surface area contributed by atoms with Crippen LogP contribution in [0.4, 0.5) is 11.6 Å². The van der Waals surface area contributed by atoms with Crippen molar-refractivity contribution in [3.63, 3.8) is 0 Å². The number of methoxy groups -OCH3 is 1. The Morgan fingerprint density at radius 2 is 2.15 bits per heavy atom. The van der Waals surface area contributed by atoms with E-state index in [4.69, 9.17) is 9.15 Å².